The van der Waals surface area contributed by atoms with Gasteiger partial charge in [-0.25, -0.2) is 0 Å². The van der Waals surface area contributed by atoms with Crippen LogP contribution in [-0.4, -0.2) is 26.0 Å². The molecular weight excluding hydrogens is 376 g/mol. The second kappa shape index (κ2) is 15.3. The Kier molecular flexibility index (Phi) is 12.6. The number of hydrogen-bond donors (Lipinski definition) is 0. The lowest BCUT2D eigenvalue weighted by Gasteiger charge is -2.31. The minimum atomic E-state index is -0.0263. The van der Waals surface area contributed by atoms with Gasteiger partial charge < -0.3 is 14.2 Å². The average molecular weight is 419 g/mol. The minimum Gasteiger partial charge on any atom is -0.468 e. The van der Waals surface area contributed by atoms with Crippen molar-refractivity contribution >= 4 is 5.97 Å². The quantitative estimate of drug-likeness (QED) is 0.172. The molecule has 4 heteroatoms. The number of benzene rings is 1. The third-order valence-corrected chi connectivity index (χ3v) is 6.10. The third kappa shape index (κ3) is 9.51. The first kappa shape index (κ1) is 24.7. The molecule has 0 bridgehead atoms. The van der Waals surface area contributed by atoms with Crippen molar-refractivity contribution in [2.45, 2.75) is 109 Å². The monoisotopic (exact) mass is 418 g/mol. The molecule has 2 rings (SSSR count). The number of carbonyl (C=O) groups excluding carboxylic acids is 1. The molecule has 1 saturated carbocycles. The Hall–Kier alpha value is -1.55. The van der Waals surface area contributed by atoms with Gasteiger partial charge in [0.2, 0.25) is 0 Å². The van der Waals surface area contributed by atoms with E-state index < -0.39 is 0 Å². The molecule has 0 radical (unpaired) electrons. The Bertz CT molecular complexity index is 586. The molecule has 1 aromatic rings. The molecule has 1 aromatic carbocycles. The zero-order valence-corrected chi connectivity index (χ0v) is 19.2. The maximum Gasteiger partial charge on any atom is 0.306 e. The van der Waals surface area contributed by atoms with Gasteiger partial charge >= 0.3 is 5.97 Å². The predicted octanol–water partition coefficient (Wildman–Crippen LogP) is 7.16. The van der Waals surface area contributed by atoms with Crippen LogP contribution in [0.1, 0.15) is 108 Å². The van der Waals surface area contributed by atoms with Crippen LogP contribution in [0.5, 0.6) is 5.75 Å². The van der Waals surface area contributed by atoms with Crippen LogP contribution in [0.4, 0.5) is 0 Å². The van der Waals surface area contributed by atoms with E-state index in [1.54, 1.807) is 7.11 Å². The molecular formula is C26H42O4. The zero-order valence-electron chi connectivity index (χ0n) is 19.2. The summed E-state index contributed by atoms with van der Waals surface area (Å²) in [4.78, 5) is 12.4. The second-order valence-electron chi connectivity index (χ2n) is 8.62. The van der Waals surface area contributed by atoms with E-state index in [1.807, 2.05) is 12.1 Å². The smallest absolute Gasteiger partial charge is 0.306 e. The lowest BCUT2D eigenvalue weighted by Crippen LogP contribution is -2.28. The molecule has 0 N–H and O–H groups in total. The normalized spacial score (nSPS) is 18.9. The number of esters is 1. The lowest BCUT2D eigenvalue weighted by atomic mass is 9.81. The lowest BCUT2D eigenvalue weighted by molar-refractivity contribution is -0.151. The fourth-order valence-electron chi connectivity index (χ4n) is 4.39. The first-order chi connectivity index (χ1) is 14.7. The van der Waals surface area contributed by atoms with Crippen molar-refractivity contribution in [1.29, 1.82) is 0 Å². The van der Waals surface area contributed by atoms with E-state index >= 15 is 0 Å². The summed E-state index contributed by atoms with van der Waals surface area (Å²) in [6, 6.07) is 8.14. The Morgan fingerprint density at radius 1 is 0.967 bits per heavy atom. The minimum absolute atomic E-state index is 0.0116. The van der Waals surface area contributed by atoms with E-state index in [9.17, 15) is 4.79 Å². The molecule has 0 heterocycles. The van der Waals surface area contributed by atoms with Gasteiger partial charge in [-0.05, 0) is 43.4 Å². The van der Waals surface area contributed by atoms with Crippen molar-refractivity contribution in [1.82, 2.24) is 0 Å². The number of methoxy groups -OCH3 is 1. The molecule has 1 fully saturated rings. The molecule has 0 amide bonds. The topological polar surface area (TPSA) is 44.8 Å². The Morgan fingerprint density at radius 3 is 2.40 bits per heavy atom. The van der Waals surface area contributed by atoms with Gasteiger partial charge in [-0.3, -0.25) is 4.79 Å². The third-order valence-electron chi connectivity index (χ3n) is 6.10. The number of unbranched alkanes of at least 4 members (excludes halogenated alkanes) is 8. The molecule has 0 saturated heterocycles. The molecule has 0 aliphatic heterocycles. The predicted molar refractivity (Wildman–Crippen MR) is 122 cm³/mol. The molecule has 30 heavy (non-hydrogen) atoms. The Morgan fingerprint density at radius 2 is 1.67 bits per heavy atom. The van der Waals surface area contributed by atoms with Crippen molar-refractivity contribution in [3.63, 3.8) is 0 Å². The van der Waals surface area contributed by atoms with Crippen LogP contribution in [0, 0.1) is 0 Å². The summed E-state index contributed by atoms with van der Waals surface area (Å²) in [5, 5.41) is 0. The number of carbonyl (C=O) groups is 1. The molecule has 0 unspecified atom stereocenters. The van der Waals surface area contributed by atoms with Crippen LogP contribution in [0.3, 0.4) is 0 Å². The van der Waals surface area contributed by atoms with Crippen LogP contribution < -0.4 is 4.74 Å². The van der Waals surface area contributed by atoms with E-state index in [0.29, 0.717) is 6.42 Å². The van der Waals surface area contributed by atoms with Crippen LogP contribution in [-0.2, 0) is 14.3 Å². The summed E-state index contributed by atoms with van der Waals surface area (Å²) in [7, 11) is 1.62. The van der Waals surface area contributed by atoms with Gasteiger partial charge in [-0.2, -0.15) is 0 Å². The summed E-state index contributed by atoms with van der Waals surface area (Å²) in [5.41, 5.74) is 1.20. The van der Waals surface area contributed by atoms with E-state index in [0.717, 1.165) is 37.9 Å². The molecule has 0 aromatic heterocycles. The molecule has 0 spiro atoms. The van der Waals surface area contributed by atoms with Gasteiger partial charge in [0, 0.05) is 19.4 Å². The van der Waals surface area contributed by atoms with Crippen molar-refractivity contribution in [2.24, 2.45) is 0 Å². The van der Waals surface area contributed by atoms with Gasteiger partial charge in [0.15, 0.2) is 6.79 Å². The van der Waals surface area contributed by atoms with Crippen molar-refractivity contribution in [2.75, 3.05) is 13.9 Å². The van der Waals surface area contributed by atoms with Crippen LogP contribution >= 0.6 is 0 Å². The molecule has 170 valence electrons. The highest BCUT2D eigenvalue weighted by atomic mass is 16.7. The molecule has 4 nitrogen and oxygen atoms in total. The van der Waals surface area contributed by atoms with Crippen LogP contribution in [0.2, 0.25) is 0 Å². The average Bonchev–Trinajstić information content (AvgIpc) is 2.77. The molecule has 1 aliphatic carbocycles. The summed E-state index contributed by atoms with van der Waals surface area (Å²) in [6.45, 7) is 2.49. The second-order valence-corrected chi connectivity index (χ2v) is 8.62. The Balaban J connectivity index is 1.71. The maximum absolute atomic E-state index is 12.4. The van der Waals surface area contributed by atoms with E-state index in [-0.39, 0.29) is 24.8 Å². The first-order valence-electron chi connectivity index (χ1n) is 12.2. The van der Waals surface area contributed by atoms with Crippen LogP contribution in [0.15, 0.2) is 24.3 Å². The molecule has 2 atom stereocenters. The van der Waals surface area contributed by atoms with Gasteiger partial charge in [0.1, 0.15) is 11.9 Å². The molecule has 1 aliphatic rings. The standard InChI is InChI=1S/C26H42O4/c1-3-4-5-6-7-8-9-10-11-19-26(27)30-25-18-13-12-17-24(25)22-15-14-16-23(20-22)29-21-28-2/h14-16,20,24-25H,3-13,17-19,21H2,1-2H3/t24-,25+/m1/s1. The fourth-order valence-corrected chi connectivity index (χ4v) is 4.39. The van der Waals surface area contributed by atoms with E-state index in [1.165, 1.54) is 56.9 Å². The largest absolute Gasteiger partial charge is 0.468 e. The maximum atomic E-state index is 12.4. The van der Waals surface area contributed by atoms with Crippen LogP contribution in [0.25, 0.3) is 0 Å². The van der Waals surface area contributed by atoms with Crippen molar-refractivity contribution in [3.8, 4) is 5.75 Å². The van der Waals surface area contributed by atoms with Crippen molar-refractivity contribution in [3.05, 3.63) is 29.8 Å². The highest BCUT2D eigenvalue weighted by molar-refractivity contribution is 5.69. The summed E-state index contributed by atoms with van der Waals surface area (Å²) in [5.74, 6) is 1.04. The van der Waals surface area contributed by atoms with Crippen molar-refractivity contribution < 1.29 is 19.0 Å². The number of hydrogen-bond acceptors (Lipinski definition) is 4. The summed E-state index contributed by atoms with van der Waals surface area (Å²) in [6.07, 6.45) is 16.2. The Labute approximate surface area is 183 Å². The van der Waals surface area contributed by atoms with Gasteiger partial charge in [-0.15, -0.1) is 0 Å². The van der Waals surface area contributed by atoms with E-state index in [2.05, 4.69) is 19.1 Å². The SMILES string of the molecule is CCCCCCCCCCCC(=O)O[C@H]1CCCC[C@@H]1c1cccc(OCOC)c1. The van der Waals surface area contributed by atoms with Gasteiger partial charge in [-0.1, -0.05) is 76.8 Å². The fraction of sp³-hybridized carbons (Fsp3) is 0.731. The number of rotatable bonds is 15. The van der Waals surface area contributed by atoms with E-state index in [4.69, 9.17) is 14.2 Å². The zero-order chi connectivity index (χ0) is 21.4. The van der Waals surface area contributed by atoms with Gasteiger partial charge in [0.05, 0.1) is 0 Å². The summed E-state index contributed by atoms with van der Waals surface area (Å²) >= 11 is 0. The first-order valence-corrected chi connectivity index (χ1v) is 12.2. The highest BCUT2D eigenvalue weighted by Crippen LogP contribution is 2.36. The number of ether oxygens (including phenoxy) is 3. The summed E-state index contributed by atoms with van der Waals surface area (Å²) < 4.78 is 16.5. The van der Waals surface area contributed by atoms with Gasteiger partial charge in [0.25, 0.3) is 0 Å². The highest BCUT2D eigenvalue weighted by Gasteiger charge is 2.29.